The van der Waals surface area contributed by atoms with E-state index in [2.05, 4.69) is 41.9 Å². The van der Waals surface area contributed by atoms with Gasteiger partial charge in [0.2, 0.25) is 0 Å². The molecule has 134 valence electrons. The Hall–Kier alpha value is -1.75. The predicted octanol–water partition coefficient (Wildman–Crippen LogP) is 2.96. The van der Waals surface area contributed by atoms with E-state index in [0.29, 0.717) is 38.2 Å². The van der Waals surface area contributed by atoms with Crippen LogP contribution in [-0.2, 0) is 11.3 Å². The highest BCUT2D eigenvalue weighted by molar-refractivity contribution is 5.78. The van der Waals surface area contributed by atoms with E-state index in [4.69, 9.17) is 15.2 Å². The standard InChI is InChI=1S/C19H31N3O2/c1-4-23-10-11-24-18-12-15(2)7-8-17(18)13-21-19(20)22-9-5-6-16(3)14-22/h7-8,12,16H,4-6,9-11,13-14H2,1-3H3,(H2,20,21). The van der Waals surface area contributed by atoms with Crippen molar-refractivity contribution in [3.8, 4) is 5.75 Å². The lowest BCUT2D eigenvalue weighted by atomic mass is 10.0. The van der Waals surface area contributed by atoms with Gasteiger partial charge >= 0.3 is 0 Å². The molecule has 5 heteroatoms. The first-order valence-corrected chi connectivity index (χ1v) is 8.95. The second-order valence-electron chi connectivity index (χ2n) is 6.52. The van der Waals surface area contributed by atoms with E-state index >= 15 is 0 Å². The molecule has 1 unspecified atom stereocenters. The molecular formula is C19H31N3O2. The maximum absolute atomic E-state index is 6.19. The highest BCUT2D eigenvalue weighted by Crippen LogP contribution is 2.22. The van der Waals surface area contributed by atoms with Gasteiger partial charge in [0.15, 0.2) is 5.96 Å². The number of piperidine rings is 1. The zero-order valence-electron chi connectivity index (χ0n) is 15.3. The van der Waals surface area contributed by atoms with Gasteiger partial charge in [-0.05, 0) is 44.2 Å². The SMILES string of the molecule is CCOCCOc1cc(C)ccc1CN=C(N)N1CCCC(C)C1. The fourth-order valence-electron chi connectivity index (χ4n) is 2.95. The van der Waals surface area contributed by atoms with Crippen LogP contribution in [-0.4, -0.2) is 43.8 Å². The molecule has 24 heavy (non-hydrogen) atoms. The third-order valence-corrected chi connectivity index (χ3v) is 4.30. The molecular weight excluding hydrogens is 302 g/mol. The molecule has 0 saturated carbocycles. The first kappa shape index (κ1) is 18.6. The first-order chi connectivity index (χ1) is 11.6. The smallest absolute Gasteiger partial charge is 0.191 e. The molecule has 5 nitrogen and oxygen atoms in total. The van der Waals surface area contributed by atoms with Crippen LogP contribution in [0.5, 0.6) is 5.75 Å². The Kier molecular flexibility index (Phi) is 7.37. The first-order valence-electron chi connectivity index (χ1n) is 8.95. The number of benzene rings is 1. The number of aryl methyl sites for hydroxylation is 1. The quantitative estimate of drug-likeness (QED) is 0.473. The largest absolute Gasteiger partial charge is 0.491 e. The minimum Gasteiger partial charge on any atom is -0.491 e. The molecule has 1 aliphatic rings. The molecule has 1 heterocycles. The second kappa shape index (κ2) is 9.52. The van der Waals surface area contributed by atoms with Crippen molar-refractivity contribution < 1.29 is 9.47 Å². The summed E-state index contributed by atoms with van der Waals surface area (Å²) in [4.78, 5) is 6.79. The Morgan fingerprint density at radius 1 is 1.38 bits per heavy atom. The van der Waals surface area contributed by atoms with Crippen molar-refractivity contribution in [1.82, 2.24) is 4.90 Å². The van der Waals surface area contributed by atoms with Gasteiger partial charge in [0.1, 0.15) is 12.4 Å². The third kappa shape index (κ3) is 5.71. The van der Waals surface area contributed by atoms with E-state index in [1.807, 2.05) is 6.92 Å². The highest BCUT2D eigenvalue weighted by atomic mass is 16.5. The predicted molar refractivity (Wildman–Crippen MR) is 98.5 cm³/mol. The number of aliphatic imine (C=N–C) groups is 1. The topological polar surface area (TPSA) is 60.1 Å². The Balaban J connectivity index is 1.98. The number of nitrogens with two attached hydrogens (primary N) is 1. The Morgan fingerprint density at radius 3 is 2.96 bits per heavy atom. The lowest BCUT2D eigenvalue weighted by Gasteiger charge is -2.31. The lowest BCUT2D eigenvalue weighted by molar-refractivity contribution is 0.110. The van der Waals surface area contributed by atoms with Gasteiger partial charge in [-0.25, -0.2) is 4.99 Å². The van der Waals surface area contributed by atoms with Gasteiger partial charge in [0.25, 0.3) is 0 Å². The van der Waals surface area contributed by atoms with Gasteiger partial charge in [0.05, 0.1) is 13.2 Å². The number of likely N-dealkylation sites (tertiary alicyclic amines) is 1. The van der Waals surface area contributed by atoms with Crippen molar-refractivity contribution in [2.45, 2.75) is 40.2 Å². The van der Waals surface area contributed by atoms with Crippen LogP contribution in [0.1, 0.15) is 37.8 Å². The summed E-state index contributed by atoms with van der Waals surface area (Å²) in [5.74, 6) is 2.20. The summed E-state index contributed by atoms with van der Waals surface area (Å²) >= 11 is 0. The molecule has 0 aliphatic carbocycles. The monoisotopic (exact) mass is 333 g/mol. The molecule has 1 atom stereocenters. The molecule has 1 aliphatic heterocycles. The van der Waals surface area contributed by atoms with Gasteiger partial charge in [-0.3, -0.25) is 0 Å². The van der Waals surface area contributed by atoms with E-state index < -0.39 is 0 Å². The summed E-state index contributed by atoms with van der Waals surface area (Å²) < 4.78 is 11.2. The number of hydrogen-bond acceptors (Lipinski definition) is 3. The van der Waals surface area contributed by atoms with Crippen LogP contribution in [0.2, 0.25) is 0 Å². The van der Waals surface area contributed by atoms with Crippen molar-refractivity contribution in [2.75, 3.05) is 32.9 Å². The van der Waals surface area contributed by atoms with Crippen LogP contribution < -0.4 is 10.5 Å². The van der Waals surface area contributed by atoms with Crippen LogP contribution in [0.15, 0.2) is 23.2 Å². The van der Waals surface area contributed by atoms with Crippen LogP contribution in [0.25, 0.3) is 0 Å². The molecule has 0 radical (unpaired) electrons. The molecule has 0 bridgehead atoms. The number of ether oxygens (including phenoxy) is 2. The molecule has 1 aromatic rings. The van der Waals surface area contributed by atoms with Gasteiger partial charge in [0, 0.05) is 25.3 Å². The molecule has 2 N–H and O–H groups in total. The summed E-state index contributed by atoms with van der Waals surface area (Å²) in [6.07, 6.45) is 2.47. The average molecular weight is 333 g/mol. The van der Waals surface area contributed by atoms with Gasteiger partial charge in [-0.1, -0.05) is 19.1 Å². The zero-order chi connectivity index (χ0) is 17.4. The lowest BCUT2D eigenvalue weighted by Crippen LogP contribution is -2.43. The summed E-state index contributed by atoms with van der Waals surface area (Å²) in [5.41, 5.74) is 8.43. The normalized spacial score (nSPS) is 18.7. The Labute approximate surface area is 145 Å². The van der Waals surface area contributed by atoms with Crippen molar-refractivity contribution in [1.29, 1.82) is 0 Å². The minimum atomic E-state index is 0.543. The van der Waals surface area contributed by atoms with Crippen LogP contribution in [0.3, 0.4) is 0 Å². The summed E-state index contributed by atoms with van der Waals surface area (Å²) in [7, 11) is 0. The zero-order valence-corrected chi connectivity index (χ0v) is 15.3. The van der Waals surface area contributed by atoms with E-state index in [1.54, 1.807) is 0 Å². The van der Waals surface area contributed by atoms with Gasteiger partial charge in [-0.2, -0.15) is 0 Å². The van der Waals surface area contributed by atoms with E-state index in [-0.39, 0.29) is 0 Å². The van der Waals surface area contributed by atoms with Crippen LogP contribution in [0.4, 0.5) is 0 Å². The molecule has 0 aromatic heterocycles. The van der Waals surface area contributed by atoms with E-state index in [9.17, 15) is 0 Å². The van der Waals surface area contributed by atoms with Crippen molar-refractivity contribution in [2.24, 2.45) is 16.6 Å². The maximum atomic E-state index is 6.19. The van der Waals surface area contributed by atoms with Crippen molar-refractivity contribution >= 4 is 5.96 Å². The van der Waals surface area contributed by atoms with Crippen LogP contribution in [0, 0.1) is 12.8 Å². The average Bonchev–Trinajstić information content (AvgIpc) is 2.57. The van der Waals surface area contributed by atoms with Gasteiger partial charge < -0.3 is 20.1 Å². The fraction of sp³-hybridized carbons (Fsp3) is 0.632. The molecule has 1 aromatic carbocycles. The van der Waals surface area contributed by atoms with Gasteiger partial charge in [-0.15, -0.1) is 0 Å². The number of hydrogen-bond donors (Lipinski definition) is 1. The minimum absolute atomic E-state index is 0.543. The second-order valence-corrected chi connectivity index (χ2v) is 6.52. The summed E-state index contributed by atoms with van der Waals surface area (Å²) in [6, 6.07) is 6.20. The molecule has 2 rings (SSSR count). The Bertz CT molecular complexity index is 545. The number of guanidine groups is 1. The molecule has 0 spiro atoms. The fourth-order valence-corrected chi connectivity index (χ4v) is 2.95. The molecule has 0 amide bonds. The van der Waals surface area contributed by atoms with E-state index in [1.165, 1.54) is 18.4 Å². The number of nitrogens with zero attached hydrogens (tertiary/aromatic N) is 2. The van der Waals surface area contributed by atoms with Crippen molar-refractivity contribution in [3.63, 3.8) is 0 Å². The highest BCUT2D eigenvalue weighted by Gasteiger charge is 2.17. The van der Waals surface area contributed by atoms with E-state index in [0.717, 1.165) is 24.4 Å². The maximum Gasteiger partial charge on any atom is 0.191 e. The number of rotatable bonds is 7. The van der Waals surface area contributed by atoms with Crippen molar-refractivity contribution in [3.05, 3.63) is 29.3 Å². The Morgan fingerprint density at radius 2 is 2.21 bits per heavy atom. The van der Waals surface area contributed by atoms with Crippen LogP contribution >= 0.6 is 0 Å². The summed E-state index contributed by atoms with van der Waals surface area (Å²) in [6.45, 7) is 10.7. The summed E-state index contributed by atoms with van der Waals surface area (Å²) in [5, 5.41) is 0. The molecule has 1 fully saturated rings. The third-order valence-electron chi connectivity index (χ3n) is 4.30. The molecule has 1 saturated heterocycles.